The minimum atomic E-state index is 0.629. The van der Waals surface area contributed by atoms with Crippen LogP contribution in [0.15, 0.2) is 24.4 Å². The standard InChI is InChI=1S/C14H19N3O/c1-3-4-6-9-16(2)14-12(11-18)17-10-7-5-8-13(17)15-14/h5,7-8,10-11H,3-4,6,9H2,1-2H3. The van der Waals surface area contributed by atoms with Gasteiger partial charge >= 0.3 is 0 Å². The van der Waals surface area contributed by atoms with Crippen LogP contribution in [0.3, 0.4) is 0 Å². The Morgan fingerprint density at radius 1 is 1.39 bits per heavy atom. The predicted octanol–water partition coefficient (Wildman–Crippen LogP) is 2.77. The Morgan fingerprint density at radius 3 is 2.94 bits per heavy atom. The van der Waals surface area contributed by atoms with Gasteiger partial charge in [0.05, 0.1) is 0 Å². The zero-order valence-electron chi connectivity index (χ0n) is 11.0. The number of fused-ring (bicyclic) bond motifs is 1. The molecule has 4 nitrogen and oxygen atoms in total. The third kappa shape index (κ3) is 2.37. The highest BCUT2D eigenvalue weighted by Crippen LogP contribution is 2.19. The van der Waals surface area contributed by atoms with E-state index < -0.39 is 0 Å². The monoisotopic (exact) mass is 245 g/mol. The number of pyridine rings is 1. The van der Waals surface area contributed by atoms with Gasteiger partial charge in [-0.1, -0.05) is 25.8 Å². The first kappa shape index (κ1) is 12.6. The van der Waals surface area contributed by atoms with Gasteiger partial charge in [0.15, 0.2) is 12.1 Å². The Kier molecular flexibility index (Phi) is 3.97. The van der Waals surface area contributed by atoms with Crippen molar-refractivity contribution in [2.24, 2.45) is 0 Å². The number of anilines is 1. The van der Waals surface area contributed by atoms with Crippen LogP contribution in [0.5, 0.6) is 0 Å². The van der Waals surface area contributed by atoms with E-state index >= 15 is 0 Å². The second-order valence-electron chi connectivity index (χ2n) is 4.50. The Balaban J connectivity index is 2.29. The normalized spacial score (nSPS) is 10.8. The van der Waals surface area contributed by atoms with Crippen molar-refractivity contribution in [2.75, 3.05) is 18.5 Å². The topological polar surface area (TPSA) is 37.6 Å². The van der Waals surface area contributed by atoms with Gasteiger partial charge in [-0.25, -0.2) is 4.98 Å². The fourth-order valence-corrected chi connectivity index (χ4v) is 2.10. The smallest absolute Gasteiger partial charge is 0.170 e. The molecule has 2 aromatic heterocycles. The highest BCUT2D eigenvalue weighted by atomic mass is 16.1. The molecule has 4 heteroatoms. The number of unbranched alkanes of at least 4 members (excludes halogenated alkanes) is 2. The molecule has 0 aromatic carbocycles. The summed E-state index contributed by atoms with van der Waals surface area (Å²) in [5, 5.41) is 0. The van der Waals surface area contributed by atoms with Crippen LogP contribution in [-0.2, 0) is 0 Å². The van der Waals surface area contributed by atoms with Crippen molar-refractivity contribution in [3.05, 3.63) is 30.1 Å². The lowest BCUT2D eigenvalue weighted by molar-refractivity contribution is 0.111. The molecule has 0 amide bonds. The van der Waals surface area contributed by atoms with E-state index in [0.717, 1.165) is 30.7 Å². The van der Waals surface area contributed by atoms with Gasteiger partial charge in [0.2, 0.25) is 0 Å². The average molecular weight is 245 g/mol. The van der Waals surface area contributed by atoms with E-state index in [4.69, 9.17) is 0 Å². The summed E-state index contributed by atoms with van der Waals surface area (Å²) in [5.74, 6) is 0.771. The molecular formula is C14H19N3O. The first-order chi connectivity index (χ1) is 8.77. The first-order valence-electron chi connectivity index (χ1n) is 6.41. The number of rotatable bonds is 6. The number of carbonyl (C=O) groups is 1. The molecule has 0 N–H and O–H groups in total. The molecule has 0 saturated carbocycles. The van der Waals surface area contributed by atoms with Gasteiger partial charge in [-0.15, -0.1) is 0 Å². The second kappa shape index (κ2) is 5.67. The van der Waals surface area contributed by atoms with E-state index in [1.165, 1.54) is 12.8 Å². The summed E-state index contributed by atoms with van der Waals surface area (Å²) in [6.45, 7) is 3.11. The summed E-state index contributed by atoms with van der Waals surface area (Å²) in [7, 11) is 1.99. The minimum Gasteiger partial charge on any atom is -0.358 e. The van der Waals surface area contributed by atoms with Gasteiger partial charge in [0, 0.05) is 19.8 Å². The van der Waals surface area contributed by atoms with Gasteiger partial charge in [0.25, 0.3) is 0 Å². The lowest BCUT2D eigenvalue weighted by atomic mass is 10.2. The number of nitrogens with zero attached hydrogens (tertiary/aromatic N) is 3. The molecule has 0 unspecified atom stereocenters. The Labute approximate surface area is 107 Å². The molecule has 2 heterocycles. The summed E-state index contributed by atoms with van der Waals surface area (Å²) in [6, 6.07) is 5.75. The van der Waals surface area contributed by atoms with Crippen LogP contribution in [0.4, 0.5) is 5.82 Å². The van der Waals surface area contributed by atoms with Crippen molar-refractivity contribution in [3.63, 3.8) is 0 Å². The number of imidazole rings is 1. The molecule has 0 saturated heterocycles. The van der Waals surface area contributed by atoms with E-state index in [-0.39, 0.29) is 0 Å². The molecule has 2 aromatic rings. The molecule has 0 fully saturated rings. The molecule has 96 valence electrons. The first-order valence-corrected chi connectivity index (χ1v) is 6.41. The summed E-state index contributed by atoms with van der Waals surface area (Å²) >= 11 is 0. The van der Waals surface area contributed by atoms with Crippen molar-refractivity contribution in [1.82, 2.24) is 9.38 Å². The molecule has 0 aliphatic heterocycles. The van der Waals surface area contributed by atoms with Gasteiger partial charge in [-0.2, -0.15) is 0 Å². The minimum absolute atomic E-state index is 0.629. The van der Waals surface area contributed by atoms with Crippen LogP contribution < -0.4 is 4.90 Å². The quantitative estimate of drug-likeness (QED) is 0.580. The fourth-order valence-electron chi connectivity index (χ4n) is 2.10. The van der Waals surface area contributed by atoms with E-state index in [0.29, 0.717) is 5.69 Å². The van der Waals surface area contributed by atoms with E-state index in [1.807, 2.05) is 35.8 Å². The molecular weight excluding hydrogens is 226 g/mol. The van der Waals surface area contributed by atoms with Crippen LogP contribution in [-0.4, -0.2) is 29.3 Å². The van der Waals surface area contributed by atoms with E-state index in [1.54, 1.807) is 0 Å². The number of hydrogen-bond donors (Lipinski definition) is 0. The van der Waals surface area contributed by atoms with Crippen LogP contribution in [0, 0.1) is 0 Å². The van der Waals surface area contributed by atoms with Crippen molar-refractivity contribution < 1.29 is 4.79 Å². The zero-order chi connectivity index (χ0) is 13.0. The van der Waals surface area contributed by atoms with Gasteiger partial charge in [0.1, 0.15) is 11.3 Å². The lowest BCUT2D eigenvalue weighted by Crippen LogP contribution is -2.20. The van der Waals surface area contributed by atoms with Gasteiger partial charge < -0.3 is 4.90 Å². The molecule has 0 atom stereocenters. The molecule has 0 aliphatic carbocycles. The van der Waals surface area contributed by atoms with E-state index in [2.05, 4.69) is 16.8 Å². The van der Waals surface area contributed by atoms with Crippen molar-refractivity contribution in [2.45, 2.75) is 26.2 Å². The molecule has 2 rings (SSSR count). The number of aromatic nitrogens is 2. The summed E-state index contributed by atoms with van der Waals surface area (Å²) in [6.07, 6.45) is 6.27. The number of carbonyl (C=O) groups excluding carboxylic acids is 1. The lowest BCUT2D eigenvalue weighted by Gasteiger charge is -2.16. The van der Waals surface area contributed by atoms with Crippen LogP contribution in [0.25, 0.3) is 5.65 Å². The maximum atomic E-state index is 11.2. The number of hydrogen-bond acceptors (Lipinski definition) is 3. The van der Waals surface area contributed by atoms with Crippen molar-refractivity contribution in [3.8, 4) is 0 Å². The van der Waals surface area contributed by atoms with Crippen molar-refractivity contribution >= 4 is 17.8 Å². The van der Waals surface area contributed by atoms with Crippen molar-refractivity contribution in [1.29, 1.82) is 0 Å². The number of aldehydes is 1. The van der Waals surface area contributed by atoms with Crippen LogP contribution in [0.2, 0.25) is 0 Å². The Bertz CT molecular complexity index is 533. The van der Waals surface area contributed by atoms with Crippen LogP contribution in [0.1, 0.15) is 36.7 Å². The van der Waals surface area contributed by atoms with E-state index in [9.17, 15) is 4.79 Å². The highest BCUT2D eigenvalue weighted by molar-refractivity contribution is 5.83. The third-order valence-electron chi connectivity index (χ3n) is 3.12. The summed E-state index contributed by atoms with van der Waals surface area (Å²) in [5.41, 5.74) is 1.45. The zero-order valence-corrected chi connectivity index (χ0v) is 11.0. The molecule has 0 bridgehead atoms. The Hall–Kier alpha value is -1.84. The third-order valence-corrected chi connectivity index (χ3v) is 3.12. The fraction of sp³-hybridized carbons (Fsp3) is 0.429. The molecule has 0 spiro atoms. The van der Waals surface area contributed by atoms with Gasteiger partial charge in [-0.3, -0.25) is 9.20 Å². The average Bonchev–Trinajstić information content (AvgIpc) is 2.77. The maximum Gasteiger partial charge on any atom is 0.170 e. The molecule has 0 aliphatic rings. The summed E-state index contributed by atoms with van der Waals surface area (Å²) in [4.78, 5) is 17.8. The second-order valence-corrected chi connectivity index (χ2v) is 4.50. The Morgan fingerprint density at radius 2 is 2.22 bits per heavy atom. The predicted molar refractivity (Wildman–Crippen MR) is 73.4 cm³/mol. The SMILES string of the molecule is CCCCCN(C)c1nc2ccccn2c1C=O. The maximum absolute atomic E-state index is 11.2. The summed E-state index contributed by atoms with van der Waals surface area (Å²) < 4.78 is 1.83. The molecule has 0 radical (unpaired) electrons. The largest absolute Gasteiger partial charge is 0.358 e. The van der Waals surface area contributed by atoms with Crippen LogP contribution >= 0.6 is 0 Å². The van der Waals surface area contributed by atoms with Gasteiger partial charge in [-0.05, 0) is 18.6 Å². The highest BCUT2D eigenvalue weighted by Gasteiger charge is 2.14. The molecule has 18 heavy (non-hydrogen) atoms.